The first-order chi connectivity index (χ1) is 10.4. The highest BCUT2D eigenvalue weighted by atomic mass is 32.1. The largest absolute Gasteiger partial charge is 0.417 e. The van der Waals surface area contributed by atoms with E-state index in [9.17, 15) is 18.0 Å². The van der Waals surface area contributed by atoms with Gasteiger partial charge in [0.2, 0.25) is 0 Å². The predicted molar refractivity (Wildman–Crippen MR) is 77.8 cm³/mol. The van der Waals surface area contributed by atoms with Crippen LogP contribution in [0, 0.1) is 0 Å². The molecule has 0 radical (unpaired) electrons. The molecule has 1 heterocycles. The second-order valence-corrected chi connectivity index (χ2v) is 5.31. The zero-order valence-corrected chi connectivity index (χ0v) is 12.5. The van der Waals surface area contributed by atoms with Crippen molar-refractivity contribution < 1.29 is 22.7 Å². The summed E-state index contributed by atoms with van der Waals surface area (Å²) in [6.07, 6.45) is -4.96. The minimum atomic E-state index is -4.57. The fourth-order valence-corrected chi connectivity index (χ4v) is 2.71. The number of thiophene rings is 1. The first-order valence-electron chi connectivity index (χ1n) is 6.42. The number of alkyl halides is 3. The van der Waals surface area contributed by atoms with Crippen molar-refractivity contribution in [2.45, 2.75) is 12.3 Å². The van der Waals surface area contributed by atoms with Crippen molar-refractivity contribution in [3.05, 3.63) is 57.8 Å². The molecule has 22 heavy (non-hydrogen) atoms. The topological polar surface area (TPSA) is 38.3 Å². The number of hydrogen-bond donors (Lipinski definition) is 1. The lowest BCUT2D eigenvalue weighted by molar-refractivity contribution is -0.137. The molecule has 1 aromatic heterocycles. The average molecular weight is 329 g/mol. The van der Waals surface area contributed by atoms with Gasteiger partial charge in [0.25, 0.3) is 5.91 Å². The van der Waals surface area contributed by atoms with Crippen LogP contribution in [0.1, 0.15) is 27.6 Å². The number of nitrogens with one attached hydrogen (secondary N) is 1. The summed E-state index contributed by atoms with van der Waals surface area (Å²) in [5, 5.41) is 6.22. The van der Waals surface area contributed by atoms with Crippen LogP contribution in [0.15, 0.2) is 41.1 Å². The summed E-state index contributed by atoms with van der Waals surface area (Å²) in [5.74, 6) is -0.773. The van der Waals surface area contributed by atoms with Crippen molar-refractivity contribution in [2.75, 3.05) is 13.7 Å². The van der Waals surface area contributed by atoms with Crippen LogP contribution in [0.5, 0.6) is 0 Å². The van der Waals surface area contributed by atoms with Crippen LogP contribution in [-0.4, -0.2) is 19.6 Å². The van der Waals surface area contributed by atoms with Gasteiger partial charge in [0.1, 0.15) is 6.10 Å². The standard InChI is InChI=1S/C15H14F3NO2S/c1-21-13(10-6-7-22-9-10)8-19-14(20)11-4-2-3-5-12(11)15(16,17)18/h2-7,9,13H,8H2,1H3,(H,19,20)/t13-/m0/s1. The third kappa shape index (κ3) is 3.86. The van der Waals surface area contributed by atoms with Gasteiger partial charge in [0.15, 0.2) is 0 Å². The molecule has 0 spiro atoms. The maximum atomic E-state index is 12.9. The Hall–Kier alpha value is -1.86. The molecular formula is C15H14F3NO2S. The lowest BCUT2D eigenvalue weighted by Gasteiger charge is -2.16. The van der Waals surface area contributed by atoms with E-state index < -0.39 is 29.3 Å². The number of rotatable bonds is 5. The van der Waals surface area contributed by atoms with E-state index in [0.717, 1.165) is 17.7 Å². The Morgan fingerprint density at radius 2 is 2.05 bits per heavy atom. The Balaban J connectivity index is 2.10. The van der Waals surface area contributed by atoms with Crippen molar-refractivity contribution in [2.24, 2.45) is 0 Å². The Bertz CT molecular complexity index is 626. The Labute approximate surface area is 129 Å². The van der Waals surface area contributed by atoms with Crippen molar-refractivity contribution in [3.8, 4) is 0 Å². The molecule has 1 N–H and O–H groups in total. The smallest absolute Gasteiger partial charge is 0.375 e. The number of carbonyl (C=O) groups is 1. The molecule has 118 valence electrons. The second-order valence-electron chi connectivity index (χ2n) is 4.53. The van der Waals surface area contributed by atoms with E-state index in [1.54, 1.807) is 0 Å². The Morgan fingerprint density at radius 3 is 2.64 bits per heavy atom. The summed E-state index contributed by atoms with van der Waals surface area (Å²) in [4.78, 5) is 12.0. The molecule has 0 fully saturated rings. The minimum absolute atomic E-state index is 0.0955. The van der Waals surface area contributed by atoms with Gasteiger partial charge >= 0.3 is 6.18 Å². The maximum Gasteiger partial charge on any atom is 0.417 e. The summed E-state index contributed by atoms with van der Waals surface area (Å²) in [6.45, 7) is 0.0955. The van der Waals surface area contributed by atoms with Crippen molar-refractivity contribution in [1.82, 2.24) is 5.32 Å². The van der Waals surface area contributed by atoms with Crippen molar-refractivity contribution in [1.29, 1.82) is 0 Å². The Morgan fingerprint density at radius 1 is 1.32 bits per heavy atom. The highest BCUT2D eigenvalue weighted by Gasteiger charge is 2.34. The number of amides is 1. The third-order valence-electron chi connectivity index (χ3n) is 3.12. The number of ether oxygens (including phenoxy) is 1. The molecule has 2 rings (SSSR count). The quantitative estimate of drug-likeness (QED) is 0.904. The molecule has 1 aromatic carbocycles. The van der Waals surface area contributed by atoms with E-state index in [1.165, 1.54) is 30.6 Å². The summed E-state index contributed by atoms with van der Waals surface area (Å²) in [5.41, 5.74) is -0.468. The van der Waals surface area contributed by atoms with Gasteiger partial charge < -0.3 is 10.1 Å². The predicted octanol–water partition coefficient (Wildman–Crippen LogP) is 3.88. The van der Waals surface area contributed by atoms with Gasteiger partial charge in [-0.05, 0) is 34.5 Å². The van der Waals surface area contributed by atoms with E-state index in [0.29, 0.717) is 0 Å². The monoisotopic (exact) mass is 329 g/mol. The molecule has 0 saturated heterocycles. The normalized spacial score (nSPS) is 12.9. The molecule has 3 nitrogen and oxygen atoms in total. The molecule has 0 aliphatic heterocycles. The van der Waals surface area contributed by atoms with Crippen LogP contribution in [0.4, 0.5) is 13.2 Å². The molecule has 1 atom stereocenters. The molecule has 7 heteroatoms. The zero-order chi connectivity index (χ0) is 16.2. The second kappa shape index (κ2) is 6.93. The van der Waals surface area contributed by atoms with Crippen molar-refractivity contribution >= 4 is 17.2 Å². The van der Waals surface area contributed by atoms with E-state index in [2.05, 4.69) is 5.32 Å². The van der Waals surface area contributed by atoms with E-state index in [-0.39, 0.29) is 6.54 Å². The van der Waals surface area contributed by atoms with Gasteiger partial charge in [-0.3, -0.25) is 4.79 Å². The summed E-state index contributed by atoms with van der Waals surface area (Å²) >= 11 is 1.48. The molecule has 2 aromatic rings. The summed E-state index contributed by atoms with van der Waals surface area (Å²) < 4.78 is 43.9. The molecule has 1 amide bonds. The first-order valence-corrected chi connectivity index (χ1v) is 7.37. The number of methoxy groups -OCH3 is 1. The SMILES string of the molecule is CO[C@@H](CNC(=O)c1ccccc1C(F)(F)F)c1ccsc1. The van der Waals surface area contributed by atoms with Gasteiger partial charge in [-0.1, -0.05) is 12.1 Å². The van der Waals surface area contributed by atoms with Crippen LogP contribution in [-0.2, 0) is 10.9 Å². The number of halogens is 3. The zero-order valence-electron chi connectivity index (χ0n) is 11.7. The van der Waals surface area contributed by atoms with Gasteiger partial charge in [0.05, 0.1) is 11.1 Å². The highest BCUT2D eigenvalue weighted by molar-refractivity contribution is 7.07. The molecule has 0 bridgehead atoms. The van der Waals surface area contributed by atoms with E-state index in [4.69, 9.17) is 4.74 Å². The first kappa shape index (κ1) is 16.5. The van der Waals surface area contributed by atoms with Crippen LogP contribution in [0.3, 0.4) is 0 Å². The molecule has 0 saturated carbocycles. The van der Waals surface area contributed by atoms with Crippen molar-refractivity contribution in [3.63, 3.8) is 0 Å². The maximum absolute atomic E-state index is 12.9. The lowest BCUT2D eigenvalue weighted by Crippen LogP contribution is -2.30. The fraction of sp³-hybridized carbons (Fsp3) is 0.267. The fourth-order valence-electron chi connectivity index (χ4n) is 2.00. The number of benzene rings is 1. The minimum Gasteiger partial charge on any atom is -0.375 e. The molecule has 0 aliphatic carbocycles. The summed E-state index contributed by atoms with van der Waals surface area (Å²) in [6, 6.07) is 6.54. The molecular weight excluding hydrogens is 315 g/mol. The molecule has 0 aliphatic rings. The highest BCUT2D eigenvalue weighted by Crippen LogP contribution is 2.31. The van der Waals surface area contributed by atoms with Crippen LogP contribution in [0.2, 0.25) is 0 Å². The lowest BCUT2D eigenvalue weighted by atomic mass is 10.1. The van der Waals surface area contributed by atoms with Gasteiger partial charge in [-0.15, -0.1) is 0 Å². The Kier molecular flexibility index (Phi) is 5.20. The van der Waals surface area contributed by atoms with E-state index >= 15 is 0 Å². The van der Waals surface area contributed by atoms with Gasteiger partial charge in [-0.25, -0.2) is 0 Å². The van der Waals surface area contributed by atoms with Crippen LogP contribution < -0.4 is 5.32 Å². The van der Waals surface area contributed by atoms with Crippen LogP contribution >= 0.6 is 11.3 Å². The number of carbonyl (C=O) groups excluding carboxylic acids is 1. The summed E-state index contributed by atoms with van der Waals surface area (Å²) in [7, 11) is 1.48. The van der Waals surface area contributed by atoms with Crippen LogP contribution in [0.25, 0.3) is 0 Å². The van der Waals surface area contributed by atoms with E-state index in [1.807, 2.05) is 16.8 Å². The number of hydrogen-bond acceptors (Lipinski definition) is 3. The van der Waals surface area contributed by atoms with Gasteiger partial charge in [-0.2, -0.15) is 24.5 Å². The molecule has 0 unspecified atom stereocenters. The third-order valence-corrected chi connectivity index (χ3v) is 3.83. The average Bonchev–Trinajstić information content (AvgIpc) is 3.01. The van der Waals surface area contributed by atoms with Gasteiger partial charge in [0, 0.05) is 13.7 Å².